The molecule has 2 aromatic rings. The molecule has 0 bridgehead atoms. The van der Waals surface area contributed by atoms with E-state index in [2.05, 4.69) is 0 Å². The van der Waals surface area contributed by atoms with Crippen LogP contribution in [0, 0.1) is 0 Å². The monoisotopic (exact) mass is 651 g/mol. The van der Waals surface area contributed by atoms with Crippen LogP contribution in [0.2, 0.25) is 0 Å². The normalized spacial score (nSPS) is 25.5. The predicted octanol–water partition coefficient (Wildman–Crippen LogP) is -6.43. The Labute approximate surface area is 249 Å². The zero-order valence-corrected chi connectivity index (χ0v) is 22.8. The van der Waals surface area contributed by atoms with Gasteiger partial charge in [-0.2, -0.15) is 4.90 Å². The summed E-state index contributed by atoms with van der Waals surface area (Å²) in [6.45, 7) is -1.95. The number of rotatable bonds is 6. The second-order valence-corrected chi connectivity index (χ2v) is 10.6. The molecule has 2 aromatic carbocycles. The van der Waals surface area contributed by atoms with E-state index >= 15 is 0 Å². The Morgan fingerprint density at radius 3 is 1.47 bits per heavy atom. The second-order valence-electron chi connectivity index (χ2n) is 10.6. The highest BCUT2D eigenvalue weighted by molar-refractivity contribution is 6.08. The van der Waals surface area contributed by atoms with Crippen LogP contribution in [0.25, 0.3) is 0 Å². The number of aliphatic hydroxyl groups is 12. The molecule has 1 fully saturated rings. The maximum absolute atomic E-state index is 13.3. The van der Waals surface area contributed by atoms with Crippen molar-refractivity contribution in [3.05, 3.63) is 28.8 Å². The summed E-state index contributed by atoms with van der Waals surface area (Å²) in [5.74, 6) is -34.0. The van der Waals surface area contributed by atoms with Crippen molar-refractivity contribution >= 4 is 5.78 Å². The highest BCUT2D eigenvalue weighted by Crippen LogP contribution is 2.58. The van der Waals surface area contributed by atoms with Crippen molar-refractivity contribution in [2.45, 2.75) is 53.4 Å². The number of carbonyl (C=O) groups is 1. The Hall–Kier alpha value is -3.81. The highest BCUT2D eigenvalue weighted by atomic mass is 16.7. The molecular formula is C24H29NO20. The number of ether oxygens (including phenoxy) is 2. The van der Waals surface area contributed by atoms with E-state index in [0.717, 1.165) is 26.4 Å². The van der Waals surface area contributed by atoms with Crippen molar-refractivity contribution in [2.75, 3.05) is 14.2 Å². The third kappa shape index (κ3) is 3.86. The number of nitrogens with zero attached hydrogens (tertiary/aromatic N) is 1. The van der Waals surface area contributed by atoms with Gasteiger partial charge < -0.3 is 96.3 Å². The molecule has 1 saturated heterocycles. The molecule has 0 spiro atoms. The summed E-state index contributed by atoms with van der Waals surface area (Å²) < 4.78 is 9.96. The lowest BCUT2D eigenvalue weighted by atomic mass is 9.67. The maximum Gasteiger partial charge on any atom is 0.289 e. The molecule has 250 valence electrons. The van der Waals surface area contributed by atoms with Crippen LogP contribution in [0.1, 0.15) is 27.9 Å². The van der Waals surface area contributed by atoms with Crippen molar-refractivity contribution in [1.82, 2.24) is 4.90 Å². The highest BCUT2D eigenvalue weighted by Gasteiger charge is 2.86. The number of hydrogen-bond donors (Lipinski definition) is 17. The van der Waals surface area contributed by atoms with Crippen LogP contribution in [-0.2, 0) is 12.3 Å². The van der Waals surface area contributed by atoms with Gasteiger partial charge in [0, 0.05) is 24.1 Å². The lowest BCUT2D eigenvalue weighted by Gasteiger charge is -2.63. The minimum atomic E-state index is -5.04. The minimum absolute atomic E-state index is 0.235. The summed E-state index contributed by atoms with van der Waals surface area (Å²) in [5.41, 5.74) is -11.9. The van der Waals surface area contributed by atoms with Crippen LogP contribution >= 0.6 is 0 Å². The lowest BCUT2D eigenvalue weighted by Crippen LogP contribution is -2.93. The smallest absolute Gasteiger partial charge is 0.289 e. The lowest BCUT2D eigenvalue weighted by molar-refractivity contribution is -0.599. The first-order valence-corrected chi connectivity index (χ1v) is 12.2. The number of carbonyl (C=O) groups excluding carboxylic acids is 1. The zero-order valence-electron chi connectivity index (χ0n) is 22.8. The third-order valence-electron chi connectivity index (χ3n) is 8.23. The van der Waals surface area contributed by atoms with E-state index < -0.39 is 109 Å². The van der Waals surface area contributed by atoms with Crippen LogP contribution in [0.3, 0.4) is 0 Å². The quantitative estimate of drug-likeness (QED) is 0.0784. The molecule has 1 atom stereocenters. The molecule has 21 heteroatoms. The first kappa shape index (κ1) is 34.1. The van der Waals surface area contributed by atoms with E-state index in [1.54, 1.807) is 0 Å². The van der Waals surface area contributed by atoms with Crippen LogP contribution in [-0.4, -0.2) is 146 Å². The number of Topliss-reactive ketones (excluding diaryl/α,β-unsaturated/α-hetero) is 1. The second kappa shape index (κ2) is 9.60. The molecule has 0 aromatic heterocycles. The van der Waals surface area contributed by atoms with E-state index in [0.29, 0.717) is 0 Å². The molecule has 4 rings (SSSR count). The van der Waals surface area contributed by atoms with Gasteiger partial charge in [-0.3, -0.25) is 4.79 Å². The summed E-state index contributed by atoms with van der Waals surface area (Å²) in [6.07, 6.45) is -2.47. The Balaban J connectivity index is 1.90. The van der Waals surface area contributed by atoms with Gasteiger partial charge in [-0.25, -0.2) is 0 Å². The summed E-state index contributed by atoms with van der Waals surface area (Å²) in [7, 11) is 2.18. The van der Waals surface area contributed by atoms with Crippen LogP contribution < -0.4 is 9.47 Å². The number of phenolic OH excluding ortho intramolecular Hbond substituents is 5. The molecule has 1 aliphatic carbocycles. The first-order chi connectivity index (χ1) is 20.3. The van der Waals surface area contributed by atoms with Crippen LogP contribution in [0.4, 0.5) is 0 Å². The molecule has 0 saturated carbocycles. The van der Waals surface area contributed by atoms with Crippen LogP contribution in [0.5, 0.6) is 40.2 Å². The molecule has 2 aliphatic rings. The number of piperidine rings is 1. The molecule has 0 radical (unpaired) electrons. The average molecular weight is 651 g/mol. The van der Waals surface area contributed by atoms with Crippen molar-refractivity contribution < 1.29 is 101 Å². The van der Waals surface area contributed by atoms with E-state index in [9.17, 15) is 91.6 Å². The maximum atomic E-state index is 13.3. The standard InChI is InChI=1S/C24H29NO20/c1-44-10-3-7-9(4-11(10)45-2)20(34,35)18(32,17(7)31)6-19(33)21(36,37)23(40,41)25(24(42,43)22(19,38)39)5-8-12(26)14(28)16(30)15(29)13(8)27/h3-4,26-30,32-43H,5-6H2,1-2H3. The summed E-state index contributed by atoms with van der Waals surface area (Å²) in [6, 6.07) is 1.55. The Kier molecular flexibility index (Phi) is 7.27. The SMILES string of the molecule is COc1cc2c(cc1OC)C(O)(O)C(O)(CC1(O)C(O)(O)C(O)(O)N(Cc3c(O)c(O)c(O)c(O)c3O)C(O)(O)C1(O)O)C2=O. The molecule has 0 amide bonds. The van der Waals surface area contributed by atoms with Gasteiger partial charge in [-0.05, 0) is 12.1 Å². The third-order valence-corrected chi connectivity index (χ3v) is 8.23. The van der Waals surface area contributed by atoms with Crippen molar-refractivity contribution in [1.29, 1.82) is 0 Å². The number of hydrogen-bond acceptors (Lipinski definition) is 21. The average Bonchev–Trinajstić information content (AvgIpc) is 3.09. The van der Waals surface area contributed by atoms with Gasteiger partial charge in [0.25, 0.3) is 23.4 Å². The fourth-order valence-electron chi connectivity index (χ4n) is 5.43. The van der Waals surface area contributed by atoms with E-state index in [-0.39, 0.29) is 11.5 Å². The van der Waals surface area contributed by atoms with Gasteiger partial charge in [0.05, 0.1) is 19.8 Å². The van der Waals surface area contributed by atoms with Gasteiger partial charge in [0.1, 0.15) is 0 Å². The van der Waals surface area contributed by atoms with Gasteiger partial charge in [0.2, 0.25) is 28.8 Å². The number of aromatic hydroxyl groups is 5. The summed E-state index contributed by atoms with van der Waals surface area (Å²) in [4.78, 5) is 12.4. The molecule has 1 unspecified atom stereocenters. The number of likely N-dealkylation sites (tertiary alicyclic amines) is 1. The number of fused-ring (bicyclic) bond motifs is 1. The number of ketones is 1. The van der Waals surface area contributed by atoms with Gasteiger partial charge >= 0.3 is 0 Å². The molecule has 17 N–H and O–H groups in total. The predicted molar refractivity (Wildman–Crippen MR) is 133 cm³/mol. The van der Waals surface area contributed by atoms with Crippen molar-refractivity contribution in [2.24, 2.45) is 0 Å². The summed E-state index contributed by atoms with van der Waals surface area (Å²) >= 11 is 0. The molecule has 21 nitrogen and oxygen atoms in total. The summed E-state index contributed by atoms with van der Waals surface area (Å²) in [5, 5.41) is 180. The molecular weight excluding hydrogens is 622 g/mol. The molecule has 1 heterocycles. The number of phenols is 5. The minimum Gasteiger partial charge on any atom is -0.504 e. The first-order valence-electron chi connectivity index (χ1n) is 12.2. The van der Waals surface area contributed by atoms with Crippen molar-refractivity contribution in [3.8, 4) is 40.2 Å². The van der Waals surface area contributed by atoms with E-state index in [1.165, 1.54) is 0 Å². The van der Waals surface area contributed by atoms with Gasteiger partial charge in [0.15, 0.2) is 34.2 Å². The fraction of sp³-hybridized carbons (Fsp3) is 0.458. The van der Waals surface area contributed by atoms with E-state index in [1.807, 2.05) is 0 Å². The fourth-order valence-corrected chi connectivity index (χ4v) is 5.43. The molecule has 1 aliphatic heterocycles. The number of benzene rings is 2. The van der Waals surface area contributed by atoms with Crippen molar-refractivity contribution in [3.63, 3.8) is 0 Å². The largest absolute Gasteiger partial charge is 0.504 e. The van der Waals surface area contributed by atoms with Gasteiger partial charge in [-0.15, -0.1) is 0 Å². The Morgan fingerprint density at radius 1 is 0.644 bits per heavy atom. The zero-order chi connectivity index (χ0) is 34.7. The van der Waals surface area contributed by atoms with Crippen LogP contribution in [0.15, 0.2) is 12.1 Å². The van der Waals surface area contributed by atoms with Gasteiger partial charge in [-0.1, -0.05) is 0 Å². The Morgan fingerprint density at radius 2 is 1.04 bits per heavy atom. The topological polar surface area (TPSA) is 383 Å². The molecule has 45 heavy (non-hydrogen) atoms. The number of methoxy groups -OCH3 is 2. The Bertz CT molecular complexity index is 1520. The van der Waals surface area contributed by atoms with E-state index in [4.69, 9.17) is 9.47 Å².